The molecule has 6 nitrogen and oxygen atoms in total. The molecule has 6 heteroatoms. The average Bonchev–Trinajstić information content (AvgIpc) is 2.82. The molecule has 2 aliphatic heterocycles. The van der Waals surface area contributed by atoms with Gasteiger partial charge in [-0.25, -0.2) is 0 Å². The zero-order valence-corrected chi connectivity index (χ0v) is 15.0. The Balaban J connectivity index is 1.68. The molecule has 1 aromatic carbocycles. The number of β-amino-alcohol motifs (C(OH)–C–C–N with tert-alkyl or cyclic N) is 1. The van der Waals surface area contributed by atoms with E-state index in [1.165, 1.54) is 5.56 Å². The van der Waals surface area contributed by atoms with Gasteiger partial charge in [0.25, 0.3) is 5.91 Å². The second kappa shape index (κ2) is 8.65. The highest BCUT2D eigenvalue weighted by Gasteiger charge is 2.27. The lowest BCUT2D eigenvalue weighted by Gasteiger charge is -2.26. The molecule has 1 aromatic rings. The van der Waals surface area contributed by atoms with Crippen LogP contribution in [-0.2, 0) is 11.2 Å². The number of para-hydroxylation sites is 1. The predicted molar refractivity (Wildman–Crippen MR) is 98.1 cm³/mol. The number of methoxy groups -OCH3 is 1. The predicted octanol–water partition coefficient (Wildman–Crippen LogP) is 1.20. The largest absolute Gasteiger partial charge is 0.390 e. The summed E-state index contributed by atoms with van der Waals surface area (Å²) < 4.78 is 5.10. The first-order valence-corrected chi connectivity index (χ1v) is 9.23. The lowest BCUT2D eigenvalue weighted by molar-refractivity contribution is 0.0663. The summed E-state index contributed by atoms with van der Waals surface area (Å²) in [4.78, 5) is 17.1. The van der Waals surface area contributed by atoms with Crippen LogP contribution in [0.4, 0.5) is 5.69 Å². The van der Waals surface area contributed by atoms with E-state index in [1.54, 1.807) is 12.0 Å². The lowest BCUT2D eigenvalue weighted by Crippen LogP contribution is -2.38. The van der Waals surface area contributed by atoms with Crippen molar-refractivity contribution >= 4 is 11.6 Å². The van der Waals surface area contributed by atoms with E-state index in [9.17, 15) is 9.90 Å². The van der Waals surface area contributed by atoms with Crippen LogP contribution in [-0.4, -0.2) is 79.9 Å². The Bertz CT molecular complexity index is 593. The molecule has 0 spiro atoms. The highest BCUT2D eigenvalue weighted by atomic mass is 16.5. The first-order valence-electron chi connectivity index (χ1n) is 9.23. The topological polar surface area (TPSA) is 65.0 Å². The number of fused-ring (bicyclic) bond motifs is 1. The number of aryl methyl sites for hydroxylation is 1. The number of carbonyl (C=O) groups is 1. The van der Waals surface area contributed by atoms with Gasteiger partial charge in [-0.2, -0.15) is 0 Å². The molecular formula is C19H29N3O3. The minimum atomic E-state index is -0.513. The zero-order chi connectivity index (χ0) is 17.6. The van der Waals surface area contributed by atoms with Crippen LogP contribution >= 0.6 is 0 Å². The Kier molecular flexibility index (Phi) is 6.29. The maximum Gasteiger partial charge on any atom is 0.256 e. The van der Waals surface area contributed by atoms with Crippen LogP contribution in [0.3, 0.4) is 0 Å². The lowest BCUT2D eigenvalue weighted by atomic mass is 9.98. The molecule has 1 saturated heterocycles. The maximum absolute atomic E-state index is 13.1. The van der Waals surface area contributed by atoms with Gasteiger partial charge in [0.15, 0.2) is 0 Å². The average molecular weight is 347 g/mol. The molecule has 0 bridgehead atoms. The normalized spacial score (nSPS) is 21.4. The number of hydrogen-bond donors (Lipinski definition) is 2. The summed E-state index contributed by atoms with van der Waals surface area (Å²) in [5.41, 5.74) is 2.93. The summed E-state index contributed by atoms with van der Waals surface area (Å²) in [6.45, 7) is 4.95. The molecule has 0 aromatic heterocycles. The Morgan fingerprint density at radius 2 is 2.24 bits per heavy atom. The third kappa shape index (κ3) is 4.51. The molecule has 0 saturated carbocycles. The van der Waals surface area contributed by atoms with Crippen LogP contribution < -0.4 is 5.32 Å². The van der Waals surface area contributed by atoms with E-state index in [-0.39, 0.29) is 5.91 Å². The molecule has 1 fully saturated rings. The van der Waals surface area contributed by atoms with Crippen LogP contribution in [0.2, 0.25) is 0 Å². The highest BCUT2D eigenvalue weighted by molar-refractivity contribution is 6.00. The SMILES string of the molecule is COCCCN1CCN(C(=O)c2cccc3c2NCCC3)C[C@@H](O)C1. The molecule has 3 rings (SSSR count). The van der Waals surface area contributed by atoms with E-state index in [4.69, 9.17) is 4.74 Å². The minimum Gasteiger partial charge on any atom is -0.390 e. The molecule has 25 heavy (non-hydrogen) atoms. The number of rotatable bonds is 5. The summed E-state index contributed by atoms with van der Waals surface area (Å²) in [5, 5.41) is 13.7. The summed E-state index contributed by atoms with van der Waals surface area (Å²) in [5.74, 6) is 0.0176. The van der Waals surface area contributed by atoms with E-state index in [1.807, 2.05) is 12.1 Å². The summed E-state index contributed by atoms with van der Waals surface area (Å²) in [6.07, 6.45) is 2.54. The summed E-state index contributed by atoms with van der Waals surface area (Å²) >= 11 is 0. The van der Waals surface area contributed by atoms with E-state index in [0.717, 1.165) is 56.8 Å². The van der Waals surface area contributed by atoms with Crippen molar-refractivity contribution in [2.24, 2.45) is 0 Å². The molecule has 0 unspecified atom stereocenters. The quantitative estimate of drug-likeness (QED) is 0.784. The van der Waals surface area contributed by atoms with Crippen molar-refractivity contribution in [3.05, 3.63) is 29.3 Å². The molecule has 2 aliphatic rings. The number of carbonyl (C=O) groups excluding carboxylic acids is 1. The van der Waals surface area contributed by atoms with Gasteiger partial charge < -0.3 is 20.1 Å². The molecule has 2 N–H and O–H groups in total. The molecule has 0 aliphatic carbocycles. The third-order valence-corrected chi connectivity index (χ3v) is 5.00. The number of amides is 1. The van der Waals surface area contributed by atoms with Crippen LogP contribution in [0.15, 0.2) is 18.2 Å². The second-order valence-corrected chi connectivity index (χ2v) is 6.92. The molecule has 1 amide bonds. The van der Waals surface area contributed by atoms with Crippen molar-refractivity contribution in [2.45, 2.75) is 25.4 Å². The third-order valence-electron chi connectivity index (χ3n) is 5.00. The standard InChI is InChI=1S/C19H29N3O3/c1-25-12-4-9-21-10-11-22(14-16(23)13-21)19(24)17-7-2-5-15-6-3-8-20-18(15)17/h2,5,7,16,20,23H,3-4,6,8-14H2,1H3/t16-/m0/s1. The van der Waals surface area contributed by atoms with E-state index >= 15 is 0 Å². The van der Waals surface area contributed by atoms with Crippen molar-refractivity contribution in [1.82, 2.24) is 9.80 Å². The van der Waals surface area contributed by atoms with Gasteiger partial charge in [0.2, 0.25) is 0 Å². The van der Waals surface area contributed by atoms with E-state index < -0.39 is 6.10 Å². The van der Waals surface area contributed by atoms with Crippen molar-refractivity contribution in [3.63, 3.8) is 0 Å². The number of aliphatic hydroxyl groups excluding tert-OH is 1. The van der Waals surface area contributed by atoms with Crippen LogP contribution in [0, 0.1) is 0 Å². The minimum absolute atomic E-state index is 0.0176. The Morgan fingerprint density at radius 3 is 3.08 bits per heavy atom. The highest BCUT2D eigenvalue weighted by Crippen LogP contribution is 2.27. The molecular weight excluding hydrogens is 318 g/mol. The van der Waals surface area contributed by atoms with Crippen molar-refractivity contribution in [3.8, 4) is 0 Å². The number of nitrogens with zero attached hydrogens (tertiary/aromatic N) is 2. The fourth-order valence-corrected chi connectivity index (χ4v) is 3.73. The molecule has 138 valence electrons. The van der Waals surface area contributed by atoms with Crippen molar-refractivity contribution in [1.29, 1.82) is 0 Å². The Morgan fingerprint density at radius 1 is 1.36 bits per heavy atom. The number of aliphatic hydroxyl groups is 1. The van der Waals surface area contributed by atoms with Gasteiger partial charge in [-0.3, -0.25) is 9.69 Å². The maximum atomic E-state index is 13.1. The Labute approximate surface area is 149 Å². The fraction of sp³-hybridized carbons (Fsp3) is 0.632. The van der Waals surface area contributed by atoms with Gasteiger partial charge in [-0.1, -0.05) is 12.1 Å². The van der Waals surface area contributed by atoms with Crippen LogP contribution in [0.5, 0.6) is 0 Å². The van der Waals surface area contributed by atoms with Crippen LogP contribution in [0.1, 0.15) is 28.8 Å². The zero-order valence-electron chi connectivity index (χ0n) is 15.0. The monoisotopic (exact) mass is 347 g/mol. The Hall–Kier alpha value is -1.63. The smallest absolute Gasteiger partial charge is 0.256 e. The number of benzene rings is 1. The number of nitrogens with one attached hydrogen (secondary N) is 1. The number of hydrogen-bond acceptors (Lipinski definition) is 5. The van der Waals surface area contributed by atoms with Gasteiger partial charge in [-0.05, 0) is 30.9 Å². The first kappa shape index (κ1) is 18.2. The fourth-order valence-electron chi connectivity index (χ4n) is 3.73. The molecule has 1 atom stereocenters. The van der Waals surface area contributed by atoms with Crippen molar-refractivity contribution in [2.75, 3.05) is 58.3 Å². The van der Waals surface area contributed by atoms with Crippen molar-refractivity contribution < 1.29 is 14.6 Å². The van der Waals surface area contributed by atoms with Gasteiger partial charge in [0.1, 0.15) is 0 Å². The van der Waals surface area contributed by atoms with Gasteiger partial charge in [0.05, 0.1) is 17.4 Å². The molecule has 0 radical (unpaired) electrons. The van der Waals surface area contributed by atoms with Gasteiger partial charge in [-0.15, -0.1) is 0 Å². The summed E-state index contributed by atoms with van der Waals surface area (Å²) in [6, 6.07) is 5.95. The first-order chi connectivity index (χ1) is 12.2. The van der Waals surface area contributed by atoms with E-state index in [2.05, 4.69) is 16.3 Å². The number of ether oxygens (including phenoxy) is 1. The van der Waals surface area contributed by atoms with Crippen LogP contribution in [0.25, 0.3) is 0 Å². The number of anilines is 1. The van der Waals surface area contributed by atoms with E-state index in [0.29, 0.717) is 19.6 Å². The van der Waals surface area contributed by atoms with Gasteiger partial charge in [0, 0.05) is 53.0 Å². The van der Waals surface area contributed by atoms with Gasteiger partial charge >= 0.3 is 0 Å². The second-order valence-electron chi connectivity index (χ2n) is 6.92. The summed E-state index contributed by atoms with van der Waals surface area (Å²) in [7, 11) is 1.70. The molecule has 2 heterocycles.